The van der Waals surface area contributed by atoms with Gasteiger partial charge in [0, 0.05) is 18.2 Å². The molecular weight excluding hydrogens is 380 g/mol. The van der Waals surface area contributed by atoms with Gasteiger partial charge in [-0.15, -0.1) is 0 Å². The topological polar surface area (TPSA) is 112 Å². The molecule has 29 heavy (non-hydrogen) atoms. The van der Waals surface area contributed by atoms with E-state index in [2.05, 4.69) is 10.6 Å². The molecule has 9 nitrogen and oxygen atoms in total. The van der Waals surface area contributed by atoms with Crippen molar-refractivity contribution in [2.24, 2.45) is 0 Å². The highest BCUT2D eigenvalue weighted by molar-refractivity contribution is 5.99. The number of ether oxygens (including phenoxy) is 4. The van der Waals surface area contributed by atoms with Gasteiger partial charge in [-0.1, -0.05) is 19.3 Å². The number of hydrogen-bond donors (Lipinski definition) is 2. The van der Waals surface area contributed by atoms with Crippen molar-refractivity contribution in [1.82, 2.24) is 10.6 Å². The van der Waals surface area contributed by atoms with Gasteiger partial charge in [-0.3, -0.25) is 10.1 Å². The van der Waals surface area contributed by atoms with Crippen LogP contribution in [0.2, 0.25) is 0 Å². The Bertz CT molecular complexity index is 745. The zero-order valence-electron chi connectivity index (χ0n) is 17.2. The fourth-order valence-corrected chi connectivity index (χ4v) is 3.15. The summed E-state index contributed by atoms with van der Waals surface area (Å²) in [6.07, 6.45) is 3.87. The molecule has 1 fully saturated rings. The molecule has 1 aliphatic rings. The number of benzene rings is 1. The summed E-state index contributed by atoms with van der Waals surface area (Å²) in [6.45, 7) is 1.38. The first-order chi connectivity index (χ1) is 13.9. The Balaban J connectivity index is 1.98. The minimum atomic E-state index is -1.18. The lowest BCUT2D eigenvalue weighted by Crippen LogP contribution is -2.48. The van der Waals surface area contributed by atoms with E-state index >= 15 is 0 Å². The fraction of sp³-hybridized carbons (Fsp3) is 0.550. The predicted molar refractivity (Wildman–Crippen MR) is 105 cm³/mol. The monoisotopic (exact) mass is 408 g/mol. The lowest BCUT2D eigenvalue weighted by atomic mass is 9.96. The minimum absolute atomic E-state index is 0.0606. The van der Waals surface area contributed by atoms with Crippen LogP contribution in [0, 0.1) is 0 Å². The van der Waals surface area contributed by atoms with Crippen LogP contribution in [0.3, 0.4) is 0 Å². The molecule has 9 heteroatoms. The summed E-state index contributed by atoms with van der Waals surface area (Å²) >= 11 is 0. The first-order valence-corrected chi connectivity index (χ1v) is 9.52. The number of imide groups is 1. The van der Waals surface area contributed by atoms with Crippen LogP contribution < -0.4 is 24.8 Å². The summed E-state index contributed by atoms with van der Waals surface area (Å²) in [5, 5.41) is 4.98. The van der Waals surface area contributed by atoms with E-state index < -0.39 is 24.0 Å². The standard InChI is InChI=1S/C20H28N2O7/c1-12(18(23)22-20(25)21-13-8-6-5-7-9-13)29-19(24)14-10-16(27-3)17(28-4)11-15(14)26-2/h10-13H,5-9H2,1-4H3,(H2,21,22,23,25)/t12-/m0/s1. The second-order valence-electron chi connectivity index (χ2n) is 6.75. The van der Waals surface area contributed by atoms with Gasteiger partial charge in [0.25, 0.3) is 5.91 Å². The van der Waals surface area contributed by atoms with Crippen molar-refractivity contribution < 1.29 is 33.3 Å². The van der Waals surface area contributed by atoms with Crippen molar-refractivity contribution in [3.8, 4) is 17.2 Å². The van der Waals surface area contributed by atoms with Crippen LogP contribution in [0.5, 0.6) is 17.2 Å². The first kappa shape index (κ1) is 22.3. The second kappa shape index (κ2) is 10.5. The van der Waals surface area contributed by atoms with Crippen LogP contribution in [0.4, 0.5) is 4.79 Å². The molecule has 1 aromatic rings. The molecule has 2 rings (SSSR count). The maximum Gasteiger partial charge on any atom is 0.342 e. The molecule has 0 bridgehead atoms. The Kier molecular flexibility index (Phi) is 8.11. The van der Waals surface area contributed by atoms with E-state index in [4.69, 9.17) is 18.9 Å². The van der Waals surface area contributed by atoms with Gasteiger partial charge in [-0.25, -0.2) is 9.59 Å². The molecule has 0 spiro atoms. The number of urea groups is 1. The van der Waals surface area contributed by atoms with E-state index in [1.807, 2.05) is 0 Å². The highest BCUT2D eigenvalue weighted by Gasteiger charge is 2.25. The third-order valence-electron chi connectivity index (χ3n) is 4.76. The Morgan fingerprint density at radius 2 is 1.52 bits per heavy atom. The number of methoxy groups -OCH3 is 3. The van der Waals surface area contributed by atoms with Gasteiger partial charge in [0.2, 0.25) is 0 Å². The van der Waals surface area contributed by atoms with Crippen molar-refractivity contribution >= 4 is 17.9 Å². The molecular formula is C20H28N2O7. The molecule has 1 aliphatic carbocycles. The smallest absolute Gasteiger partial charge is 0.342 e. The van der Waals surface area contributed by atoms with Crippen LogP contribution in [0.25, 0.3) is 0 Å². The molecule has 3 amide bonds. The third kappa shape index (κ3) is 6.00. The van der Waals surface area contributed by atoms with Crippen molar-refractivity contribution in [2.75, 3.05) is 21.3 Å². The molecule has 2 N–H and O–H groups in total. The molecule has 1 aromatic carbocycles. The van der Waals surface area contributed by atoms with Crippen molar-refractivity contribution in [3.63, 3.8) is 0 Å². The number of hydrogen-bond acceptors (Lipinski definition) is 7. The van der Waals surface area contributed by atoms with Crippen molar-refractivity contribution in [2.45, 2.75) is 51.2 Å². The first-order valence-electron chi connectivity index (χ1n) is 9.52. The molecule has 1 atom stereocenters. The quantitative estimate of drug-likeness (QED) is 0.666. The van der Waals surface area contributed by atoms with Gasteiger partial charge in [-0.2, -0.15) is 0 Å². The summed E-state index contributed by atoms with van der Waals surface area (Å²) < 4.78 is 20.8. The predicted octanol–water partition coefficient (Wildman–Crippen LogP) is 2.42. The normalized spacial score (nSPS) is 15.0. The Hall–Kier alpha value is -2.97. The van der Waals surface area contributed by atoms with Crippen LogP contribution in [-0.4, -0.2) is 51.4 Å². The number of carbonyl (C=O) groups is 3. The van der Waals surface area contributed by atoms with Crippen LogP contribution in [-0.2, 0) is 9.53 Å². The van der Waals surface area contributed by atoms with Gasteiger partial charge >= 0.3 is 12.0 Å². The van der Waals surface area contributed by atoms with Crippen molar-refractivity contribution in [1.29, 1.82) is 0 Å². The molecule has 0 heterocycles. The number of esters is 1. The minimum Gasteiger partial charge on any atom is -0.496 e. The van der Waals surface area contributed by atoms with E-state index in [0.717, 1.165) is 32.1 Å². The molecule has 0 aliphatic heterocycles. The average Bonchev–Trinajstić information content (AvgIpc) is 2.72. The van der Waals surface area contributed by atoms with Crippen molar-refractivity contribution in [3.05, 3.63) is 17.7 Å². The molecule has 0 unspecified atom stereocenters. The lowest BCUT2D eigenvalue weighted by molar-refractivity contribution is -0.127. The van der Waals surface area contributed by atoms with E-state index in [-0.39, 0.29) is 17.4 Å². The Morgan fingerprint density at radius 1 is 0.931 bits per heavy atom. The molecule has 160 valence electrons. The van der Waals surface area contributed by atoms with Crippen LogP contribution in [0.1, 0.15) is 49.4 Å². The van der Waals surface area contributed by atoms with Crippen LogP contribution in [0.15, 0.2) is 12.1 Å². The maximum absolute atomic E-state index is 12.5. The number of nitrogens with one attached hydrogen (secondary N) is 2. The summed E-state index contributed by atoms with van der Waals surface area (Å²) in [5.41, 5.74) is 0.0662. The largest absolute Gasteiger partial charge is 0.496 e. The number of amides is 3. The summed E-state index contributed by atoms with van der Waals surface area (Å²) in [7, 11) is 4.28. The SMILES string of the molecule is COc1cc(OC)c(C(=O)O[C@@H](C)C(=O)NC(=O)NC2CCCCC2)cc1OC. The average molecular weight is 408 g/mol. The summed E-state index contributed by atoms with van der Waals surface area (Å²) in [6, 6.07) is 2.36. The summed E-state index contributed by atoms with van der Waals surface area (Å²) in [4.78, 5) is 36.7. The zero-order valence-corrected chi connectivity index (χ0v) is 17.2. The van der Waals surface area contributed by atoms with Gasteiger partial charge < -0.3 is 24.3 Å². The third-order valence-corrected chi connectivity index (χ3v) is 4.76. The number of rotatable bonds is 7. The van der Waals surface area contributed by atoms with E-state index in [1.54, 1.807) is 0 Å². The fourth-order valence-electron chi connectivity index (χ4n) is 3.15. The highest BCUT2D eigenvalue weighted by Crippen LogP contribution is 2.35. The molecule has 0 aromatic heterocycles. The molecule has 0 saturated heterocycles. The van der Waals surface area contributed by atoms with Gasteiger partial charge in [0.15, 0.2) is 17.6 Å². The van der Waals surface area contributed by atoms with Crippen LogP contribution >= 0.6 is 0 Å². The highest BCUT2D eigenvalue weighted by atomic mass is 16.6. The lowest BCUT2D eigenvalue weighted by Gasteiger charge is -2.23. The molecule has 1 saturated carbocycles. The molecule has 0 radical (unpaired) electrons. The second-order valence-corrected chi connectivity index (χ2v) is 6.75. The maximum atomic E-state index is 12.5. The van der Waals surface area contributed by atoms with E-state index in [0.29, 0.717) is 11.5 Å². The zero-order chi connectivity index (χ0) is 21.4. The van der Waals surface area contributed by atoms with E-state index in [9.17, 15) is 14.4 Å². The summed E-state index contributed by atoms with van der Waals surface area (Å²) in [5.74, 6) is -0.616. The van der Waals surface area contributed by atoms with Gasteiger partial charge in [0.1, 0.15) is 11.3 Å². The van der Waals surface area contributed by atoms with Gasteiger partial charge in [0.05, 0.1) is 21.3 Å². The van der Waals surface area contributed by atoms with Gasteiger partial charge in [-0.05, 0) is 19.8 Å². The Labute approximate surface area is 170 Å². The van der Waals surface area contributed by atoms with E-state index in [1.165, 1.54) is 40.4 Å². The number of carbonyl (C=O) groups excluding carboxylic acids is 3. The Morgan fingerprint density at radius 3 is 2.10 bits per heavy atom.